The minimum absolute atomic E-state index is 0.00202. The number of ether oxygens (including phenoxy) is 1. The second-order valence-corrected chi connectivity index (χ2v) is 7.50. The molecule has 6 nitrogen and oxygen atoms in total. The van der Waals surface area contributed by atoms with Crippen molar-refractivity contribution in [2.24, 2.45) is 0 Å². The number of para-hydroxylation sites is 1. The molecule has 8 heteroatoms. The van der Waals surface area contributed by atoms with Crippen LogP contribution in [-0.4, -0.2) is 18.6 Å². The summed E-state index contributed by atoms with van der Waals surface area (Å²) in [6, 6.07) is 13.5. The smallest absolute Gasteiger partial charge is 0.339 e. The second kappa shape index (κ2) is 7.31. The fourth-order valence-corrected chi connectivity index (χ4v) is 3.27. The molecular weight excluding hydrogens is 376 g/mol. The molecule has 0 atom stereocenters. The monoisotopic (exact) mass is 390 g/mol. The van der Waals surface area contributed by atoms with Gasteiger partial charge in [0.25, 0.3) is 5.88 Å². The molecule has 1 aromatic heterocycles. The normalized spacial score (nSPS) is 11.2. The van der Waals surface area contributed by atoms with E-state index in [0.717, 1.165) is 11.1 Å². The number of rotatable bonds is 5. The molecule has 2 aromatic carbocycles. The molecule has 26 heavy (non-hydrogen) atoms. The Kier molecular flexibility index (Phi) is 5.11. The van der Waals surface area contributed by atoms with Crippen LogP contribution < -0.4 is 8.92 Å². The van der Waals surface area contributed by atoms with Gasteiger partial charge in [0.15, 0.2) is 0 Å². The standard InChI is InChI=1S/C18H15ClN2O4S/c1-12-7-9-14(10-8-12)26(22,23)25-17-15(19)11-20-21-18(17)24-16-6-4-3-5-13(16)2/h3-11H,1-2H3. The van der Waals surface area contributed by atoms with Crippen LogP contribution in [0.3, 0.4) is 0 Å². The first kappa shape index (κ1) is 18.2. The Hall–Kier alpha value is -2.64. The van der Waals surface area contributed by atoms with Gasteiger partial charge in [-0.15, -0.1) is 5.10 Å². The maximum absolute atomic E-state index is 12.6. The van der Waals surface area contributed by atoms with Gasteiger partial charge in [0.05, 0.1) is 6.20 Å². The number of hydrogen-bond acceptors (Lipinski definition) is 6. The van der Waals surface area contributed by atoms with E-state index in [0.29, 0.717) is 5.75 Å². The lowest BCUT2D eigenvalue weighted by molar-refractivity contribution is 0.413. The molecule has 3 aromatic rings. The van der Waals surface area contributed by atoms with Crippen molar-refractivity contribution in [3.05, 3.63) is 70.9 Å². The third-order valence-electron chi connectivity index (χ3n) is 3.53. The third kappa shape index (κ3) is 3.95. The van der Waals surface area contributed by atoms with E-state index in [1.165, 1.54) is 18.3 Å². The summed E-state index contributed by atoms with van der Waals surface area (Å²) in [7, 11) is -4.11. The molecule has 0 N–H and O–H groups in total. The van der Waals surface area contributed by atoms with Crippen molar-refractivity contribution >= 4 is 21.7 Å². The van der Waals surface area contributed by atoms with Gasteiger partial charge in [-0.05, 0) is 37.6 Å². The molecule has 0 amide bonds. The molecule has 1 heterocycles. The molecule has 3 rings (SSSR count). The fraction of sp³-hybridized carbons (Fsp3) is 0.111. The van der Waals surface area contributed by atoms with Gasteiger partial charge in [-0.1, -0.05) is 47.5 Å². The van der Waals surface area contributed by atoms with Gasteiger partial charge >= 0.3 is 10.1 Å². The Labute approximate surface area is 156 Å². The summed E-state index contributed by atoms with van der Waals surface area (Å²) in [5.74, 6) is 0.134. The summed E-state index contributed by atoms with van der Waals surface area (Å²) >= 11 is 6.08. The van der Waals surface area contributed by atoms with Crippen LogP contribution in [0.1, 0.15) is 11.1 Å². The number of hydrogen-bond donors (Lipinski definition) is 0. The van der Waals surface area contributed by atoms with Crippen LogP contribution in [0.5, 0.6) is 17.4 Å². The van der Waals surface area contributed by atoms with E-state index in [-0.39, 0.29) is 21.5 Å². The minimum atomic E-state index is -4.11. The number of nitrogens with zero attached hydrogens (tertiary/aromatic N) is 2. The topological polar surface area (TPSA) is 78.4 Å². The predicted molar refractivity (Wildman–Crippen MR) is 97.3 cm³/mol. The van der Waals surface area contributed by atoms with Crippen LogP contribution >= 0.6 is 11.6 Å². The SMILES string of the molecule is Cc1ccc(S(=O)(=O)Oc2c(Cl)cnnc2Oc2ccccc2C)cc1. The maximum atomic E-state index is 12.6. The Morgan fingerprint density at radius 3 is 2.38 bits per heavy atom. The second-order valence-electron chi connectivity index (χ2n) is 5.54. The summed E-state index contributed by atoms with van der Waals surface area (Å²) in [5.41, 5.74) is 1.76. The highest BCUT2D eigenvalue weighted by atomic mass is 35.5. The first-order valence-electron chi connectivity index (χ1n) is 7.62. The Balaban J connectivity index is 1.97. The molecule has 0 aliphatic rings. The highest BCUT2D eigenvalue weighted by Crippen LogP contribution is 2.37. The Morgan fingerprint density at radius 2 is 1.69 bits per heavy atom. The van der Waals surface area contributed by atoms with E-state index in [9.17, 15) is 8.42 Å². The number of benzene rings is 2. The molecule has 0 fully saturated rings. The molecule has 0 aliphatic carbocycles. The number of aryl methyl sites for hydroxylation is 2. The van der Waals surface area contributed by atoms with Crippen LogP contribution in [0, 0.1) is 13.8 Å². The van der Waals surface area contributed by atoms with Crippen LogP contribution in [-0.2, 0) is 10.1 Å². The molecule has 0 spiro atoms. The lowest BCUT2D eigenvalue weighted by Gasteiger charge is -2.13. The molecular formula is C18H15ClN2O4S. The summed E-state index contributed by atoms with van der Waals surface area (Å²) in [6.07, 6.45) is 1.19. The minimum Gasteiger partial charge on any atom is -0.435 e. The van der Waals surface area contributed by atoms with Crippen molar-refractivity contribution in [1.82, 2.24) is 10.2 Å². The van der Waals surface area contributed by atoms with Gasteiger partial charge in [0.1, 0.15) is 15.7 Å². The first-order valence-corrected chi connectivity index (χ1v) is 9.41. The zero-order valence-electron chi connectivity index (χ0n) is 14.0. The van der Waals surface area contributed by atoms with E-state index >= 15 is 0 Å². The van der Waals surface area contributed by atoms with E-state index in [4.69, 9.17) is 20.5 Å². The van der Waals surface area contributed by atoms with Crippen LogP contribution in [0.25, 0.3) is 0 Å². The van der Waals surface area contributed by atoms with Crippen molar-refractivity contribution in [2.45, 2.75) is 18.7 Å². The Bertz CT molecular complexity index is 1040. The van der Waals surface area contributed by atoms with Crippen molar-refractivity contribution < 1.29 is 17.3 Å². The van der Waals surface area contributed by atoms with Crippen LogP contribution in [0.15, 0.2) is 59.6 Å². The zero-order chi connectivity index (χ0) is 18.7. The molecule has 0 saturated carbocycles. The summed E-state index contributed by atoms with van der Waals surface area (Å²) in [5, 5.41) is 7.50. The van der Waals surface area contributed by atoms with E-state index < -0.39 is 10.1 Å². The van der Waals surface area contributed by atoms with Crippen molar-refractivity contribution in [3.8, 4) is 17.4 Å². The van der Waals surface area contributed by atoms with Gasteiger partial charge in [-0.2, -0.15) is 13.5 Å². The highest BCUT2D eigenvalue weighted by molar-refractivity contribution is 7.87. The fourth-order valence-electron chi connectivity index (χ4n) is 2.12. The lowest BCUT2D eigenvalue weighted by Crippen LogP contribution is -2.11. The molecule has 0 radical (unpaired) electrons. The average molecular weight is 391 g/mol. The zero-order valence-corrected chi connectivity index (χ0v) is 15.6. The van der Waals surface area contributed by atoms with Gasteiger partial charge in [0, 0.05) is 0 Å². The number of halogens is 1. The van der Waals surface area contributed by atoms with E-state index in [1.54, 1.807) is 24.3 Å². The van der Waals surface area contributed by atoms with E-state index in [1.807, 2.05) is 26.0 Å². The summed E-state index contributed by atoms with van der Waals surface area (Å²) in [4.78, 5) is -0.00202. The summed E-state index contributed by atoms with van der Waals surface area (Å²) < 4.78 is 36.0. The quantitative estimate of drug-likeness (QED) is 0.604. The maximum Gasteiger partial charge on any atom is 0.339 e. The Morgan fingerprint density at radius 1 is 1.00 bits per heavy atom. The van der Waals surface area contributed by atoms with Crippen LogP contribution in [0.4, 0.5) is 0 Å². The highest BCUT2D eigenvalue weighted by Gasteiger charge is 2.23. The average Bonchev–Trinajstić information content (AvgIpc) is 2.60. The molecule has 0 bridgehead atoms. The van der Waals surface area contributed by atoms with Crippen LogP contribution in [0.2, 0.25) is 5.02 Å². The van der Waals surface area contributed by atoms with Gasteiger partial charge in [-0.25, -0.2) is 0 Å². The molecule has 0 unspecified atom stereocenters. The van der Waals surface area contributed by atoms with Crippen molar-refractivity contribution in [1.29, 1.82) is 0 Å². The van der Waals surface area contributed by atoms with Gasteiger partial charge in [0.2, 0.25) is 5.75 Å². The molecule has 0 saturated heterocycles. The lowest BCUT2D eigenvalue weighted by atomic mass is 10.2. The molecule has 134 valence electrons. The first-order chi connectivity index (χ1) is 12.4. The summed E-state index contributed by atoms with van der Waals surface area (Å²) in [6.45, 7) is 3.70. The van der Waals surface area contributed by atoms with Crippen molar-refractivity contribution in [3.63, 3.8) is 0 Å². The van der Waals surface area contributed by atoms with Crippen molar-refractivity contribution in [2.75, 3.05) is 0 Å². The van der Waals surface area contributed by atoms with Gasteiger partial charge < -0.3 is 8.92 Å². The largest absolute Gasteiger partial charge is 0.435 e. The van der Waals surface area contributed by atoms with E-state index in [2.05, 4.69) is 10.2 Å². The number of aromatic nitrogens is 2. The van der Waals surface area contributed by atoms with Gasteiger partial charge in [-0.3, -0.25) is 0 Å². The molecule has 0 aliphatic heterocycles. The third-order valence-corrected chi connectivity index (χ3v) is 5.04. The predicted octanol–water partition coefficient (Wildman–Crippen LogP) is 4.31.